The number of ether oxygens (including phenoxy) is 1. The van der Waals surface area contributed by atoms with Gasteiger partial charge >= 0.3 is 13.1 Å². The molecule has 1 saturated heterocycles. The van der Waals surface area contributed by atoms with Gasteiger partial charge in [-0.05, 0) is 32.5 Å². The van der Waals surface area contributed by atoms with Gasteiger partial charge in [0.1, 0.15) is 5.60 Å². The lowest BCUT2D eigenvalue weighted by Crippen LogP contribution is -2.43. The van der Waals surface area contributed by atoms with E-state index in [2.05, 4.69) is 0 Å². The lowest BCUT2D eigenvalue weighted by molar-refractivity contribution is 0.0244. The smallest absolute Gasteiger partial charge is 0.448 e. The Morgan fingerprint density at radius 3 is 2.53 bits per heavy atom. The van der Waals surface area contributed by atoms with Gasteiger partial charge in [0.05, 0.1) is 0 Å². The first kappa shape index (κ1) is 14.5. The second kappa shape index (κ2) is 4.31. The Labute approximate surface area is 111 Å². The summed E-state index contributed by atoms with van der Waals surface area (Å²) in [5.74, 6) is -0.292. The topological polar surface area (TPSA) is 29.5 Å². The fraction of sp³-hybridized carbons (Fsp3) is 0.917. The number of rotatable bonds is 1. The summed E-state index contributed by atoms with van der Waals surface area (Å²) in [6.07, 6.45) is 0.730. The van der Waals surface area contributed by atoms with E-state index >= 15 is 0 Å². The number of amides is 1. The molecule has 2 aliphatic rings. The van der Waals surface area contributed by atoms with Crippen LogP contribution >= 0.6 is 0 Å². The van der Waals surface area contributed by atoms with Gasteiger partial charge in [0, 0.05) is 13.1 Å². The summed E-state index contributed by atoms with van der Waals surface area (Å²) in [5, 5.41) is -1.62. The molecule has 0 radical (unpaired) electrons. The maximum atomic E-state index is 13.2. The van der Waals surface area contributed by atoms with E-state index in [9.17, 15) is 17.7 Å². The molecule has 0 aromatic carbocycles. The average molecular weight is 278 g/mol. The highest BCUT2D eigenvalue weighted by Gasteiger charge is 2.66. The Morgan fingerprint density at radius 1 is 1.37 bits per heavy atom. The van der Waals surface area contributed by atoms with Gasteiger partial charge in [-0.15, -0.1) is 0 Å². The molecule has 19 heavy (non-hydrogen) atoms. The summed E-state index contributed by atoms with van der Waals surface area (Å²) < 4.78 is 44.8. The Hall–Kier alpha value is -0.875. The fourth-order valence-electron chi connectivity index (χ4n) is 2.93. The molecule has 0 bridgehead atoms. The molecule has 3 nitrogen and oxygen atoms in total. The van der Waals surface area contributed by atoms with Crippen molar-refractivity contribution in [3.05, 3.63) is 0 Å². The molecule has 7 heteroatoms. The molecule has 1 saturated carbocycles. The minimum Gasteiger partial charge on any atom is -0.448 e. The van der Waals surface area contributed by atoms with Gasteiger partial charge < -0.3 is 22.6 Å². The fourth-order valence-corrected chi connectivity index (χ4v) is 2.93. The van der Waals surface area contributed by atoms with Gasteiger partial charge in [-0.25, -0.2) is 4.79 Å². The highest BCUT2D eigenvalue weighted by molar-refractivity contribution is 6.63. The van der Waals surface area contributed by atoms with Crippen LogP contribution in [0.4, 0.5) is 17.7 Å². The minimum atomic E-state index is -4.91. The zero-order valence-electron chi connectivity index (χ0n) is 11.6. The number of nitrogens with zero attached hydrogens (tertiary/aromatic N) is 1. The third-order valence-corrected chi connectivity index (χ3v) is 4.05. The Balaban J connectivity index is 2.09. The van der Waals surface area contributed by atoms with Crippen molar-refractivity contribution < 1.29 is 22.5 Å². The van der Waals surface area contributed by atoms with Crippen LogP contribution in [0, 0.1) is 5.92 Å². The molecule has 0 unspecified atom stereocenters. The average Bonchev–Trinajstić information content (AvgIpc) is 2.85. The molecular weight excluding hydrogens is 258 g/mol. The maximum Gasteiger partial charge on any atom is 0.486 e. The van der Waals surface area contributed by atoms with Crippen LogP contribution in [0.1, 0.15) is 40.0 Å². The van der Waals surface area contributed by atoms with E-state index in [1.165, 1.54) is 4.90 Å². The normalized spacial score (nSPS) is 31.5. The van der Waals surface area contributed by atoms with Crippen molar-refractivity contribution in [2.24, 2.45) is 5.92 Å². The third-order valence-electron chi connectivity index (χ3n) is 4.05. The van der Waals surface area contributed by atoms with Crippen LogP contribution in [0.5, 0.6) is 0 Å². The summed E-state index contributed by atoms with van der Waals surface area (Å²) in [7, 11) is 0. The highest BCUT2D eigenvalue weighted by atomic mass is 19.4. The first-order chi connectivity index (χ1) is 8.55. The van der Waals surface area contributed by atoms with Crippen LogP contribution in [-0.4, -0.2) is 36.7 Å². The zero-order chi connectivity index (χ0) is 14.5. The van der Waals surface area contributed by atoms with Gasteiger partial charge in [0.15, 0.2) is 0 Å². The van der Waals surface area contributed by atoms with E-state index in [0.717, 1.165) is 0 Å². The van der Waals surface area contributed by atoms with Crippen molar-refractivity contribution in [3.8, 4) is 0 Å². The number of likely N-dealkylation sites (tertiary alicyclic amines) is 1. The van der Waals surface area contributed by atoms with E-state index in [-0.39, 0.29) is 18.9 Å². The molecule has 1 aliphatic carbocycles. The number of fused-ring (bicyclic) bond motifs is 1. The van der Waals surface area contributed by atoms with Gasteiger partial charge in [0.2, 0.25) is 0 Å². The molecular formula is C12H20BF3NO2-. The summed E-state index contributed by atoms with van der Waals surface area (Å²) in [4.78, 5) is 13.2. The van der Waals surface area contributed by atoms with Crippen LogP contribution in [-0.2, 0) is 4.74 Å². The van der Waals surface area contributed by atoms with Crippen molar-refractivity contribution >= 4 is 13.1 Å². The summed E-state index contributed by atoms with van der Waals surface area (Å²) in [6, 6.07) is 0. The van der Waals surface area contributed by atoms with Crippen LogP contribution in [0.15, 0.2) is 0 Å². The van der Waals surface area contributed by atoms with Crippen molar-refractivity contribution in [1.82, 2.24) is 4.90 Å². The number of hydrogen-bond donors (Lipinski definition) is 0. The van der Waals surface area contributed by atoms with E-state index < -0.39 is 24.0 Å². The predicted molar refractivity (Wildman–Crippen MR) is 66.9 cm³/mol. The largest absolute Gasteiger partial charge is 0.486 e. The molecule has 0 aromatic heterocycles. The lowest BCUT2D eigenvalue weighted by Gasteiger charge is -2.33. The van der Waals surface area contributed by atoms with Crippen molar-refractivity contribution in [2.45, 2.75) is 50.9 Å². The number of carbonyl (C=O) groups excluding carboxylic acids is 1. The lowest BCUT2D eigenvalue weighted by atomic mass is 9.66. The molecule has 0 N–H and O–H groups in total. The van der Waals surface area contributed by atoms with Gasteiger partial charge in [-0.1, -0.05) is 18.8 Å². The number of halogens is 3. The molecule has 1 aliphatic heterocycles. The molecule has 2 rings (SSSR count). The second-order valence-electron chi connectivity index (χ2n) is 6.75. The number of hydrogen-bond acceptors (Lipinski definition) is 2. The third kappa shape index (κ3) is 2.84. The molecule has 2 fully saturated rings. The molecule has 0 spiro atoms. The van der Waals surface area contributed by atoms with Crippen LogP contribution in [0.25, 0.3) is 0 Å². The molecule has 0 aromatic rings. The maximum absolute atomic E-state index is 13.2. The van der Waals surface area contributed by atoms with Gasteiger partial charge in [-0.3, -0.25) is 0 Å². The zero-order valence-corrected chi connectivity index (χ0v) is 11.6. The number of carbonyl (C=O) groups is 1. The Morgan fingerprint density at radius 2 is 2.00 bits per heavy atom. The van der Waals surface area contributed by atoms with E-state index in [4.69, 9.17) is 4.74 Å². The van der Waals surface area contributed by atoms with Crippen molar-refractivity contribution in [1.29, 1.82) is 0 Å². The predicted octanol–water partition coefficient (Wildman–Crippen LogP) is 3.63. The standard InChI is InChI=1S/C12H20BF3NO2/c1-11(2,3)19-10(18)17-6-4-5-9-7-12(9,8-17)13(14,15)16/h9H,4-8H2,1-3H3/q-1/t9-,12+/m1/s1. The van der Waals surface area contributed by atoms with Crippen LogP contribution in [0.3, 0.4) is 0 Å². The molecule has 1 amide bonds. The van der Waals surface area contributed by atoms with E-state index in [0.29, 0.717) is 19.4 Å². The first-order valence-corrected chi connectivity index (χ1v) is 6.72. The SMILES string of the molecule is CC(C)(C)OC(=O)N1CCC[C@@H]2C[C@]2([B-](F)(F)F)C1. The van der Waals surface area contributed by atoms with Gasteiger partial charge in [0.25, 0.3) is 0 Å². The Bertz CT molecular complexity index is 380. The highest BCUT2D eigenvalue weighted by Crippen LogP contribution is 2.69. The van der Waals surface area contributed by atoms with Crippen LogP contribution in [0.2, 0.25) is 5.31 Å². The summed E-state index contributed by atoms with van der Waals surface area (Å²) in [6.45, 7) is 0.368. The Kier molecular flexibility index (Phi) is 3.30. The van der Waals surface area contributed by atoms with E-state index in [1.54, 1.807) is 20.8 Å². The van der Waals surface area contributed by atoms with Crippen LogP contribution < -0.4 is 0 Å². The van der Waals surface area contributed by atoms with E-state index in [1.807, 2.05) is 0 Å². The summed E-state index contributed by atoms with van der Waals surface area (Å²) in [5.41, 5.74) is -0.678. The summed E-state index contributed by atoms with van der Waals surface area (Å²) >= 11 is 0. The molecule has 1 heterocycles. The monoisotopic (exact) mass is 278 g/mol. The first-order valence-electron chi connectivity index (χ1n) is 6.72. The van der Waals surface area contributed by atoms with Crippen molar-refractivity contribution in [3.63, 3.8) is 0 Å². The minimum absolute atomic E-state index is 0.176. The molecule has 2 atom stereocenters. The second-order valence-corrected chi connectivity index (χ2v) is 6.75. The van der Waals surface area contributed by atoms with Gasteiger partial charge in [-0.2, -0.15) is 0 Å². The van der Waals surface area contributed by atoms with Crippen molar-refractivity contribution in [2.75, 3.05) is 13.1 Å². The quantitative estimate of drug-likeness (QED) is 0.685. The molecule has 110 valence electrons.